The van der Waals surface area contributed by atoms with Gasteiger partial charge in [-0.15, -0.1) is 0 Å². The van der Waals surface area contributed by atoms with E-state index in [1.54, 1.807) is 6.07 Å². The van der Waals surface area contributed by atoms with E-state index >= 15 is 0 Å². The highest BCUT2D eigenvalue weighted by molar-refractivity contribution is 5.96. The van der Waals surface area contributed by atoms with Gasteiger partial charge in [-0.2, -0.15) is 0 Å². The Morgan fingerprint density at radius 2 is 2.08 bits per heavy atom. The van der Waals surface area contributed by atoms with Gasteiger partial charge >= 0.3 is 0 Å². The standard InChI is InChI=1S/C20H28O4/c1-12-9-16(22)18-19(2,3)17(23)5-7-20(18,4)14(12)10-15(21)13-6-8-24-11-13/h6,8,11,14,16-18,22-23H,1,5,7,9-10H2,2-4H3/t14-,16+,17-,18-,20+/m0/s1. The fourth-order valence-electron chi connectivity index (χ4n) is 5.46. The van der Waals surface area contributed by atoms with Gasteiger partial charge < -0.3 is 14.6 Å². The van der Waals surface area contributed by atoms with Crippen molar-refractivity contribution in [1.29, 1.82) is 0 Å². The summed E-state index contributed by atoms with van der Waals surface area (Å²) in [6.45, 7) is 10.4. The predicted molar refractivity (Wildman–Crippen MR) is 91.5 cm³/mol. The number of aliphatic hydroxyl groups excluding tert-OH is 2. The first-order valence-electron chi connectivity index (χ1n) is 8.77. The van der Waals surface area contributed by atoms with Gasteiger partial charge in [-0.1, -0.05) is 32.9 Å². The molecule has 0 spiro atoms. The quantitative estimate of drug-likeness (QED) is 0.655. The van der Waals surface area contributed by atoms with Crippen molar-refractivity contribution in [2.45, 2.75) is 58.7 Å². The number of fused-ring (bicyclic) bond motifs is 1. The Morgan fingerprint density at radius 1 is 1.38 bits per heavy atom. The van der Waals surface area contributed by atoms with Gasteiger partial charge in [0.1, 0.15) is 6.26 Å². The molecule has 4 heteroatoms. The molecule has 1 aromatic heterocycles. The van der Waals surface area contributed by atoms with E-state index < -0.39 is 12.2 Å². The molecule has 0 aliphatic heterocycles. The van der Waals surface area contributed by atoms with Crippen LogP contribution in [0.15, 0.2) is 35.2 Å². The van der Waals surface area contributed by atoms with Crippen molar-refractivity contribution in [1.82, 2.24) is 0 Å². The highest BCUT2D eigenvalue weighted by Gasteiger charge is 2.59. The van der Waals surface area contributed by atoms with Crippen LogP contribution in [-0.4, -0.2) is 28.2 Å². The van der Waals surface area contributed by atoms with E-state index in [0.717, 1.165) is 12.0 Å². The average Bonchev–Trinajstić information content (AvgIpc) is 3.01. The first-order chi connectivity index (χ1) is 11.2. The zero-order valence-corrected chi connectivity index (χ0v) is 14.8. The molecule has 3 rings (SSSR count). The van der Waals surface area contributed by atoms with Gasteiger partial charge in [0.2, 0.25) is 0 Å². The van der Waals surface area contributed by atoms with Crippen LogP contribution >= 0.6 is 0 Å². The van der Waals surface area contributed by atoms with E-state index in [0.29, 0.717) is 24.8 Å². The van der Waals surface area contributed by atoms with Crippen molar-refractivity contribution in [3.05, 3.63) is 36.3 Å². The van der Waals surface area contributed by atoms with Crippen molar-refractivity contribution in [3.63, 3.8) is 0 Å². The predicted octanol–water partition coefficient (Wildman–Crippen LogP) is 3.59. The summed E-state index contributed by atoms with van der Waals surface area (Å²) in [6, 6.07) is 1.69. The molecule has 132 valence electrons. The van der Waals surface area contributed by atoms with Crippen molar-refractivity contribution < 1.29 is 19.4 Å². The average molecular weight is 332 g/mol. The van der Waals surface area contributed by atoms with E-state index in [9.17, 15) is 15.0 Å². The lowest BCUT2D eigenvalue weighted by atomic mass is 9.45. The Hall–Kier alpha value is -1.39. The Morgan fingerprint density at radius 3 is 2.71 bits per heavy atom. The maximum absolute atomic E-state index is 12.6. The number of ketones is 1. The smallest absolute Gasteiger partial charge is 0.166 e. The zero-order valence-electron chi connectivity index (χ0n) is 14.8. The SMILES string of the molecule is C=C1C[C@@H](O)[C@H]2C(C)(C)[C@@H](O)CC[C@]2(C)[C@H]1CC(=O)c1ccoc1. The van der Waals surface area contributed by atoms with Crippen LogP contribution in [0.1, 0.15) is 56.8 Å². The maximum Gasteiger partial charge on any atom is 0.166 e. The van der Waals surface area contributed by atoms with Crippen LogP contribution in [0.5, 0.6) is 0 Å². The summed E-state index contributed by atoms with van der Waals surface area (Å²) in [5.74, 6) is 0.0108. The molecule has 2 aliphatic rings. The number of rotatable bonds is 3. The van der Waals surface area contributed by atoms with E-state index in [2.05, 4.69) is 13.5 Å². The molecule has 2 aliphatic carbocycles. The molecule has 2 fully saturated rings. The third-order valence-corrected chi connectivity index (χ3v) is 6.70. The summed E-state index contributed by atoms with van der Waals surface area (Å²) in [5.41, 5.74) is 0.912. The number of hydrogen-bond acceptors (Lipinski definition) is 4. The first kappa shape index (κ1) is 17.4. The molecule has 0 amide bonds. The van der Waals surface area contributed by atoms with Crippen LogP contribution in [0.2, 0.25) is 0 Å². The third-order valence-electron chi connectivity index (χ3n) is 6.70. The number of Topliss-reactive ketones (excluding diaryl/α,β-unsaturated/α-hetero) is 1. The number of aliphatic hydroxyl groups is 2. The summed E-state index contributed by atoms with van der Waals surface area (Å²) in [6.07, 6.45) is 4.41. The highest BCUT2D eigenvalue weighted by Crippen LogP contribution is 2.61. The number of carbonyl (C=O) groups excluding carboxylic acids is 1. The first-order valence-corrected chi connectivity index (χ1v) is 8.77. The molecule has 0 radical (unpaired) electrons. The lowest BCUT2D eigenvalue weighted by molar-refractivity contribution is -0.167. The maximum atomic E-state index is 12.6. The van der Waals surface area contributed by atoms with Gasteiger partial charge in [0, 0.05) is 6.42 Å². The van der Waals surface area contributed by atoms with Crippen LogP contribution in [0.3, 0.4) is 0 Å². The fraction of sp³-hybridized carbons (Fsp3) is 0.650. The summed E-state index contributed by atoms with van der Waals surface area (Å²) < 4.78 is 5.03. The van der Waals surface area contributed by atoms with Crippen LogP contribution in [-0.2, 0) is 0 Å². The minimum Gasteiger partial charge on any atom is -0.472 e. The largest absolute Gasteiger partial charge is 0.472 e. The van der Waals surface area contributed by atoms with Crippen LogP contribution in [0.4, 0.5) is 0 Å². The zero-order chi connectivity index (χ0) is 17.7. The summed E-state index contributed by atoms with van der Waals surface area (Å²) >= 11 is 0. The van der Waals surface area contributed by atoms with Crippen molar-refractivity contribution >= 4 is 5.78 Å². The lowest BCUT2D eigenvalue weighted by Crippen LogP contribution is -2.59. The molecule has 2 saturated carbocycles. The monoisotopic (exact) mass is 332 g/mol. The molecule has 2 N–H and O–H groups in total. The topological polar surface area (TPSA) is 70.7 Å². The molecule has 1 aromatic rings. The van der Waals surface area contributed by atoms with Gasteiger partial charge in [0.05, 0.1) is 24.0 Å². The fourth-order valence-corrected chi connectivity index (χ4v) is 5.46. The lowest BCUT2D eigenvalue weighted by Gasteiger charge is -2.60. The Balaban J connectivity index is 1.94. The number of carbonyl (C=O) groups is 1. The van der Waals surface area contributed by atoms with Gasteiger partial charge in [-0.3, -0.25) is 4.79 Å². The minimum atomic E-state index is -0.521. The van der Waals surface area contributed by atoms with E-state index in [4.69, 9.17) is 4.42 Å². The molecule has 1 heterocycles. The van der Waals surface area contributed by atoms with Crippen LogP contribution < -0.4 is 0 Å². The van der Waals surface area contributed by atoms with Crippen molar-refractivity contribution in [2.75, 3.05) is 0 Å². The second-order valence-electron chi connectivity index (χ2n) is 8.48. The second-order valence-corrected chi connectivity index (χ2v) is 8.48. The number of furan rings is 1. The third kappa shape index (κ3) is 2.56. The Kier molecular flexibility index (Phi) is 4.25. The van der Waals surface area contributed by atoms with Gasteiger partial charge in [0.15, 0.2) is 5.78 Å². The molecule has 0 saturated heterocycles. The Bertz CT molecular complexity index is 630. The highest BCUT2D eigenvalue weighted by atomic mass is 16.3. The van der Waals surface area contributed by atoms with Gasteiger partial charge in [0.25, 0.3) is 0 Å². The van der Waals surface area contributed by atoms with E-state index in [-0.39, 0.29) is 28.4 Å². The summed E-state index contributed by atoms with van der Waals surface area (Å²) in [5, 5.41) is 21.2. The summed E-state index contributed by atoms with van der Waals surface area (Å²) in [7, 11) is 0. The molecule has 0 unspecified atom stereocenters. The molecule has 24 heavy (non-hydrogen) atoms. The molecule has 4 nitrogen and oxygen atoms in total. The van der Waals surface area contributed by atoms with E-state index in [1.165, 1.54) is 12.5 Å². The summed E-state index contributed by atoms with van der Waals surface area (Å²) in [4.78, 5) is 12.6. The molecular weight excluding hydrogens is 304 g/mol. The van der Waals surface area contributed by atoms with Crippen molar-refractivity contribution in [2.24, 2.45) is 22.7 Å². The van der Waals surface area contributed by atoms with Gasteiger partial charge in [-0.05, 0) is 48.0 Å². The van der Waals surface area contributed by atoms with Crippen LogP contribution in [0.25, 0.3) is 0 Å². The molecule has 0 aromatic carbocycles. The van der Waals surface area contributed by atoms with Crippen molar-refractivity contribution in [3.8, 4) is 0 Å². The molecular formula is C20H28O4. The molecule has 5 atom stereocenters. The van der Waals surface area contributed by atoms with Gasteiger partial charge in [-0.25, -0.2) is 0 Å². The van der Waals surface area contributed by atoms with E-state index in [1.807, 2.05) is 13.8 Å². The second kappa shape index (κ2) is 5.85. The Labute approximate surface area is 143 Å². The molecule has 0 bridgehead atoms. The van der Waals surface area contributed by atoms with Crippen LogP contribution in [0, 0.1) is 22.7 Å². The normalized spacial score (nSPS) is 38.6. The number of hydrogen-bond donors (Lipinski definition) is 2. The minimum absolute atomic E-state index is 0.0140.